The number of halogens is 1. The molecule has 1 saturated heterocycles. The van der Waals surface area contributed by atoms with Gasteiger partial charge in [-0.25, -0.2) is 0 Å². The van der Waals surface area contributed by atoms with E-state index < -0.39 is 0 Å². The van der Waals surface area contributed by atoms with Crippen molar-refractivity contribution < 1.29 is 9.53 Å². The number of anilines is 1. The Kier molecular flexibility index (Phi) is 5.38. The molecule has 0 spiro atoms. The molecule has 24 heavy (non-hydrogen) atoms. The standard InChI is InChI=1S/C18H14BrNO2S2/c1-2-22-15-8-6-12(7-9-15)10-16-17(21)20(18(23)24-16)14-5-3-4-13(19)11-14/h3-11H,2H2,1H3/b16-10+. The van der Waals surface area contributed by atoms with Crippen molar-refractivity contribution in [2.45, 2.75) is 6.92 Å². The molecule has 0 bridgehead atoms. The zero-order chi connectivity index (χ0) is 17.1. The summed E-state index contributed by atoms with van der Waals surface area (Å²) in [6, 6.07) is 15.2. The molecule has 1 heterocycles. The van der Waals surface area contributed by atoms with E-state index in [4.69, 9.17) is 17.0 Å². The molecule has 1 amide bonds. The van der Waals surface area contributed by atoms with Crippen molar-refractivity contribution in [1.82, 2.24) is 0 Å². The van der Waals surface area contributed by atoms with Crippen LogP contribution in [0.1, 0.15) is 12.5 Å². The smallest absolute Gasteiger partial charge is 0.270 e. The summed E-state index contributed by atoms with van der Waals surface area (Å²) in [4.78, 5) is 14.9. The minimum atomic E-state index is -0.100. The quantitative estimate of drug-likeness (QED) is 0.499. The van der Waals surface area contributed by atoms with Gasteiger partial charge in [0.1, 0.15) is 5.75 Å². The van der Waals surface area contributed by atoms with Crippen molar-refractivity contribution >= 4 is 61.9 Å². The average Bonchev–Trinajstić information content (AvgIpc) is 2.83. The number of ether oxygens (including phenoxy) is 1. The Labute approximate surface area is 158 Å². The van der Waals surface area contributed by atoms with Crippen molar-refractivity contribution in [3.8, 4) is 5.75 Å². The predicted molar refractivity (Wildman–Crippen MR) is 107 cm³/mol. The summed E-state index contributed by atoms with van der Waals surface area (Å²) in [6.07, 6.45) is 1.85. The van der Waals surface area contributed by atoms with Crippen LogP contribution in [0.25, 0.3) is 6.08 Å². The molecule has 3 rings (SSSR count). The maximum Gasteiger partial charge on any atom is 0.270 e. The molecule has 122 valence electrons. The zero-order valence-electron chi connectivity index (χ0n) is 12.9. The summed E-state index contributed by atoms with van der Waals surface area (Å²) in [5, 5.41) is 0. The molecule has 3 nitrogen and oxygen atoms in total. The number of carbonyl (C=O) groups excluding carboxylic acids is 1. The van der Waals surface area contributed by atoms with Gasteiger partial charge in [0.05, 0.1) is 17.2 Å². The van der Waals surface area contributed by atoms with Crippen LogP contribution in [0, 0.1) is 0 Å². The minimum absolute atomic E-state index is 0.100. The first-order chi connectivity index (χ1) is 11.6. The molecular formula is C18H14BrNO2S2. The van der Waals surface area contributed by atoms with Crippen molar-refractivity contribution in [2.24, 2.45) is 0 Å². The Bertz CT molecular complexity index is 818. The van der Waals surface area contributed by atoms with E-state index in [2.05, 4.69) is 15.9 Å². The minimum Gasteiger partial charge on any atom is -0.494 e. The highest BCUT2D eigenvalue weighted by molar-refractivity contribution is 9.10. The average molecular weight is 420 g/mol. The van der Waals surface area contributed by atoms with Crippen LogP contribution < -0.4 is 9.64 Å². The van der Waals surface area contributed by atoms with Crippen LogP contribution in [0.2, 0.25) is 0 Å². The Balaban J connectivity index is 1.85. The molecule has 1 fully saturated rings. The maximum absolute atomic E-state index is 12.7. The molecule has 1 aliphatic heterocycles. The van der Waals surface area contributed by atoms with Gasteiger partial charge < -0.3 is 4.74 Å². The molecule has 0 atom stereocenters. The van der Waals surface area contributed by atoms with E-state index >= 15 is 0 Å². The van der Waals surface area contributed by atoms with Gasteiger partial charge in [0.15, 0.2) is 4.32 Å². The number of thioether (sulfide) groups is 1. The van der Waals surface area contributed by atoms with Gasteiger partial charge in [0, 0.05) is 4.47 Å². The summed E-state index contributed by atoms with van der Waals surface area (Å²) >= 11 is 10.1. The van der Waals surface area contributed by atoms with Gasteiger partial charge in [-0.3, -0.25) is 9.69 Å². The fourth-order valence-corrected chi connectivity index (χ4v) is 3.97. The second-order valence-corrected chi connectivity index (χ2v) is 7.59. The van der Waals surface area contributed by atoms with E-state index in [1.807, 2.05) is 61.5 Å². The molecule has 2 aromatic carbocycles. The normalized spacial score (nSPS) is 16.1. The van der Waals surface area contributed by atoms with E-state index in [0.717, 1.165) is 21.5 Å². The first-order valence-corrected chi connectivity index (χ1v) is 9.36. The maximum atomic E-state index is 12.7. The molecule has 0 saturated carbocycles. The van der Waals surface area contributed by atoms with Crippen LogP contribution >= 0.6 is 39.9 Å². The summed E-state index contributed by atoms with van der Waals surface area (Å²) < 4.78 is 6.87. The van der Waals surface area contributed by atoms with Crippen LogP contribution in [-0.4, -0.2) is 16.8 Å². The van der Waals surface area contributed by atoms with Crippen molar-refractivity contribution in [1.29, 1.82) is 0 Å². The Morgan fingerprint density at radius 2 is 2.00 bits per heavy atom. The van der Waals surface area contributed by atoms with Crippen LogP contribution in [0.5, 0.6) is 5.75 Å². The van der Waals surface area contributed by atoms with E-state index in [9.17, 15) is 4.79 Å². The second-order valence-electron chi connectivity index (χ2n) is 5.00. The van der Waals surface area contributed by atoms with E-state index in [-0.39, 0.29) is 5.91 Å². The third kappa shape index (κ3) is 3.71. The van der Waals surface area contributed by atoms with Gasteiger partial charge in [0.25, 0.3) is 5.91 Å². The van der Waals surface area contributed by atoms with Crippen molar-refractivity contribution in [3.63, 3.8) is 0 Å². The number of amides is 1. The lowest BCUT2D eigenvalue weighted by molar-refractivity contribution is -0.113. The summed E-state index contributed by atoms with van der Waals surface area (Å²) in [6.45, 7) is 2.58. The van der Waals surface area contributed by atoms with Gasteiger partial charge in [-0.2, -0.15) is 0 Å². The highest BCUT2D eigenvalue weighted by Crippen LogP contribution is 2.36. The Hall–Kier alpha value is -1.63. The SMILES string of the molecule is CCOc1ccc(/C=C2/SC(=S)N(c3cccc(Br)c3)C2=O)cc1. The highest BCUT2D eigenvalue weighted by Gasteiger charge is 2.33. The predicted octanol–water partition coefficient (Wildman–Crippen LogP) is 5.25. The Morgan fingerprint density at radius 3 is 2.67 bits per heavy atom. The molecular weight excluding hydrogens is 406 g/mol. The van der Waals surface area contributed by atoms with Gasteiger partial charge in [0.2, 0.25) is 0 Å². The number of thiocarbonyl (C=S) groups is 1. The lowest BCUT2D eigenvalue weighted by Crippen LogP contribution is -2.27. The largest absolute Gasteiger partial charge is 0.494 e. The van der Waals surface area contributed by atoms with Gasteiger partial charge in [-0.15, -0.1) is 0 Å². The van der Waals surface area contributed by atoms with Crippen molar-refractivity contribution in [2.75, 3.05) is 11.5 Å². The first-order valence-electron chi connectivity index (χ1n) is 7.35. The fourth-order valence-electron chi connectivity index (χ4n) is 2.28. The third-order valence-electron chi connectivity index (χ3n) is 3.35. The third-order valence-corrected chi connectivity index (χ3v) is 5.14. The van der Waals surface area contributed by atoms with Crippen molar-refractivity contribution in [3.05, 3.63) is 63.5 Å². The van der Waals surface area contributed by atoms with Crippen LogP contribution in [0.4, 0.5) is 5.69 Å². The van der Waals surface area contributed by atoms with Crippen LogP contribution in [0.15, 0.2) is 57.9 Å². The number of hydrogen-bond acceptors (Lipinski definition) is 4. The highest BCUT2D eigenvalue weighted by atomic mass is 79.9. The van der Waals surface area contributed by atoms with Crippen LogP contribution in [0.3, 0.4) is 0 Å². The first kappa shape index (κ1) is 17.2. The molecule has 6 heteroatoms. The molecule has 0 aromatic heterocycles. The lowest BCUT2D eigenvalue weighted by Gasteiger charge is -2.14. The topological polar surface area (TPSA) is 29.5 Å². The van der Waals surface area contributed by atoms with Gasteiger partial charge in [-0.05, 0) is 48.9 Å². The zero-order valence-corrected chi connectivity index (χ0v) is 16.1. The van der Waals surface area contributed by atoms with E-state index in [1.165, 1.54) is 11.8 Å². The number of benzene rings is 2. The number of nitrogens with zero attached hydrogens (tertiary/aromatic N) is 1. The number of carbonyl (C=O) groups is 1. The summed E-state index contributed by atoms with van der Waals surface area (Å²) in [5.74, 6) is 0.716. The molecule has 0 radical (unpaired) electrons. The summed E-state index contributed by atoms with van der Waals surface area (Å²) in [7, 11) is 0. The summed E-state index contributed by atoms with van der Waals surface area (Å²) in [5.41, 5.74) is 1.70. The van der Waals surface area contributed by atoms with Crippen LogP contribution in [-0.2, 0) is 4.79 Å². The molecule has 0 aliphatic carbocycles. The number of rotatable bonds is 4. The van der Waals surface area contributed by atoms with E-state index in [0.29, 0.717) is 15.8 Å². The molecule has 0 N–H and O–H groups in total. The molecule has 2 aromatic rings. The second kappa shape index (κ2) is 7.51. The lowest BCUT2D eigenvalue weighted by atomic mass is 10.2. The molecule has 1 aliphatic rings. The van der Waals surface area contributed by atoms with E-state index in [1.54, 1.807) is 4.90 Å². The Morgan fingerprint density at radius 1 is 1.25 bits per heavy atom. The monoisotopic (exact) mass is 419 g/mol. The van der Waals surface area contributed by atoms with Gasteiger partial charge >= 0.3 is 0 Å². The van der Waals surface area contributed by atoms with Gasteiger partial charge in [-0.1, -0.05) is 58.1 Å². The molecule has 0 unspecified atom stereocenters. The number of hydrogen-bond donors (Lipinski definition) is 0. The fraction of sp³-hybridized carbons (Fsp3) is 0.111.